The number of aliphatic hydroxyl groups is 7. The van der Waals surface area contributed by atoms with Gasteiger partial charge in [-0.05, 0) is 64.2 Å². The van der Waals surface area contributed by atoms with Gasteiger partial charge in [-0.2, -0.15) is 0 Å². The first kappa shape index (κ1) is 60.0. The van der Waals surface area contributed by atoms with Crippen LogP contribution in [0.3, 0.4) is 0 Å². The lowest BCUT2D eigenvalue weighted by Gasteiger charge is -2.41. The summed E-state index contributed by atoms with van der Waals surface area (Å²) in [6.45, 7) is 2.92. The standard InChI is InChI=1S/C49H81O15P/c1-3-5-7-8-9-10-11-12-13-14-15-16-20-23-29-35-42(52)61-37-41(38-62-65(59,60)64-49-47(57)45(55)44(54)46(56)48(49)58)63-43(53)36-30-24-28-34-40(51)33-27-22-19-17-18-21-26-32-39(50)31-25-6-4-2/h6,10-11,18-19,21-22,25-28,32-34,39-41,44-51,54-58H,3-5,7-9,12-17,20,23-24,29-31,35-38H2,1-2H3,(H,59,60)/b11-10-,21-18-,22-19-,25-6-,32-26+,33-27+,34-28-/t39-,40-,41+,44?,45-,46+,47+,48+,49?/m0/s1. The molecule has 1 saturated carbocycles. The van der Waals surface area contributed by atoms with Crippen molar-refractivity contribution >= 4 is 19.8 Å². The van der Waals surface area contributed by atoms with Gasteiger partial charge >= 0.3 is 19.8 Å². The van der Waals surface area contributed by atoms with E-state index < -0.39 is 87.9 Å². The minimum Gasteiger partial charge on any atom is -0.462 e. The Hall–Kier alpha value is -3.05. The molecular formula is C49H81O15P. The Balaban J connectivity index is 2.58. The Labute approximate surface area is 387 Å². The smallest absolute Gasteiger partial charge is 0.462 e. The number of ether oxygens (including phenoxy) is 2. The van der Waals surface area contributed by atoms with E-state index in [1.165, 1.54) is 25.7 Å². The van der Waals surface area contributed by atoms with Gasteiger partial charge in [-0.3, -0.25) is 18.6 Å². The van der Waals surface area contributed by atoms with E-state index in [4.69, 9.17) is 18.5 Å². The van der Waals surface area contributed by atoms with Crippen molar-refractivity contribution in [2.24, 2.45) is 0 Å². The maximum absolute atomic E-state index is 12.8. The minimum absolute atomic E-state index is 0.0945. The normalized spacial score (nSPS) is 23.2. The van der Waals surface area contributed by atoms with Crippen LogP contribution >= 0.6 is 7.82 Å². The van der Waals surface area contributed by atoms with E-state index in [1.54, 1.807) is 42.5 Å². The summed E-state index contributed by atoms with van der Waals surface area (Å²) < 4.78 is 33.4. The Bertz CT molecular complexity index is 1490. The fraction of sp³-hybridized carbons (Fsp3) is 0.673. The molecule has 0 aromatic heterocycles. The monoisotopic (exact) mass is 941 g/mol. The lowest BCUT2D eigenvalue weighted by atomic mass is 9.85. The van der Waals surface area contributed by atoms with Crippen molar-refractivity contribution < 1.29 is 73.3 Å². The Morgan fingerprint density at radius 2 is 1.14 bits per heavy atom. The molecule has 16 heteroatoms. The Morgan fingerprint density at radius 3 is 1.77 bits per heavy atom. The predicted molar refractivity (Wildman–Crippen MR) is 251 cm³/mol. The van der Waals surface area contributed by atoms with E-state index in [0.29, 0.717) is 32.1 Å². The third-order valence-electron chi connectivity index (χ3n) is 10.4. The van der Waals surface area contributed by atoms with Crippen molar-refractivity contribution in [3.63, 3.8) is 0 Å². The molecule has 15 nitrogen and oxygen atoms in total. The van der Waals surface area contributed by atoms with E-state index >= 15 is 0 Å². The van der Waals surface area contributed by atoms with Gasteiger partial charge in [-0.25, -0.2) is 4.57 Å². The maximum atomic E-state index is 12.8. The molecule has 65 heavy (non-hydrogen) atoms. The van der Waals surface area contributed by atoms with Gasteiger partial charge in [0.2, 0.25) is 0 Å². The number of phosphoric ester groups is 1. The number of aliphatic hydroxyl groups excluding tert-OH is 7. The molecule has 1 aliphatic carbocycles. The van der Waals surface area contributed by atoms with E-state index in [2.05, 4.69) is 19.1 Å². The maximum Gasteiger partial charge on any atom is 0.472 e. The molecule has 0 amide bonds. The first-order chi connectivity index (χ1) is 31.2. The van der Waals surface area contributed by atoms with Crippen molar-refractivity contribution in [2.45, 2.75) is 197 Å². The Kier molecular flexibility index (Phi) is 35.0. The summed E-state index contributed by atoms with van der Waals surface area (Å²) in [5.74, 6) is -1.30. The number of esters is 2. The van der Waals surface area contributed by atoms with Gasteiger partial charge < -0.3 is 50.1 Å². The molecular weight excluding hydrogens is 859 g/mol. The van der Waals surface area contributed by atoms with E-state index in [0.717, 1.165) is 57.8 Å². The van der Waals surface area contributed by atoms with Crippen LogP contribution in [0.5, 0.6) is 0 Å². The largest absolute Gasteiger partial charge is 0.472 e. The summed E-state index contributed by atoms with van der Waals surface area (Å²) in [4.78, 5) is 35.7. The minimum atomic E-state index is -5.18. The number of phosphoric acid groups is 1. The average Bonchev–Trinajstić information content (AvgIpc) is 3.28. The topological polar surface area (TPSA) is 250 Å². The summed E-state index contributed by atoms with van der Waals surface area (Å²) in [6.07, 6.45) is 28.4. The molecule has 10 atom stereocenters. The van der Waals surface area contributed by atoms with Gasteiger partial charge in [0.15, 0.2) is 6.10 Å². The van der Waals surface area contributed by atoms with Crippen molar-refractivity contribution in [3.05, 3.63) is 85.1 Å². The van der Waals surface area contributed by atoms with Crippen LogP contribution in [0, 0.1) is 0 Å². The van der Waals surface area contributed by atoms with E-state index in [9.17, 15) is 54.8 Å². The van der Waals surface area contributed by atoms with Crippen LogP contribution in [0.15, 0.2) is 85.1 Å². The second-order valence-corrected chi connectivity index (χ2v) is 17.7. The number of rotatable bonds is 37. The highest BCUT2D eigenvalue weighted by Gasteiger charge is 2.51. The van der Waals surface area contributed by atoms with Gasteiger partial charge in [0.1, 0.15) is 43.2 Å². The summed E-state index contributed by atoms with van der Waals surface area (Å²) in [5, 5.41) is 70.2. The van der Waals surface area contributed by atoms with Gasteiger partial charge in [0, 0.05) is 12.8 Å². The molecule has 1 fully saturated rings. The zero-order valence-corrected chi connectivity index (χ0v) is 39.6. The highest BCUT2D eigenvalue weighted by atomic mass is 31.2. The van der Waals surface area contributed by atoms with Crippen molar-refractivity contribution in [2.75, 3.05) is 13.2 Å². The van der Waals surface area contributed by atoms with Crippen LogP contribution in [-0.4, -0.2) is 121 Å². The lowest BCUT2D eigenvalue weighted by Crippen LogP contribution is -2.64. The van der Waals surface area contributed by atoms with Gasteiger partial charge in [-0.1, -0.05) is 150 Å². The zero-order valence-electron chi connectivity index (χ0n) is 38.7. The molecule has 0 heterocycles. The molecule has 1 rings (SSSR count). The molecule has 0 aromatic rings. The first-order valence-electron chi connectivity index (χ1n) is 23.6. The van der Waals surface area contributed by atoms with Crippen LogP contribution in [-0.2, 0) is 32.7 Å². The number of carbonyl (C=O) groups excluding carboxylic acids is 2. The lowest BCUT2D eigenvalue weighted by molar-refractivity contribution is -0.220. The molecule has 0 bridgehead atoms. The number of hydrogen-bond donors (Lipinski definition) is 8. The number of carbonyl (C=O) groups is 2. The fourth-order valence-electron chi connectivity index (χ4n) is 6.55. The predicted octanol–water partition coefficient (Wildman–Crippen LogP) is 7.22. The molecule has 0 radical (unpaired) electrons. The van der Waals surface area contributed by atoms with Crippen LogP contribution in [0.1, 0.15) is 142 Å². The van der Waals surface area contributed by atoms with Gasteiger partial charge in [-0.15, -0.1) is 0 Å². The molecule has 3 unspecified atom stereocenters. The van der Waals surface area contributed by atoms with Crippen LogP contribution in [0.25, 0.3) is 0 Å². The number of hydrogen-bond acceptors (Lipinski definition) is 14. The number of unbranched alkanes of at least 4 members (excludes halogenated alkanes) is 12. The molecule has 1 aliphatic rings. The van der Waals surface area contributed by atoms with Crippen LogP contribution in [0.2, 0.25) is 0 Å². The van der Waals surface area contributed by atoms with Crippen molar-refractivity contribution in [1.82, 2.24) is 0 Å². The van der Waals surface area contributed by atoms with E-state index in [1.807, 2.05) is 37.3 Å². The zero-order chi connectivity index (χ0) is 48.1. The van der Waals surface area contributed by atoms with Gasteiger partial charge in [0.25, 0.3) is 0 Å². The molecule has 0 saturated heterocycles. The average molecular weight is 941 g/mol. The highest BCUT2D eigenvalue weighted by Crippen LogP contribution is 2.47. The van der Waals surface area contributed by atoms with Crippen LogP contribution in [0.4, 0.5) is 0 Å². The van der Waals surface area contributed by atoms with Crippen molar-refractivity contribution in [1.29, 1.82) is 0 Å². The quantitative estimate of drug-likeness (QED) is 0.0101. The first-order valence-corrected chi connectivity index (χ1v) is 25.1. The summed E-state index contributed by atoms with van der Waals surface area (Å²) in [5.41, 5.74) is 0. The van der Waals surface area contributed by atoms with E-state index in [-0.39, 0.29) is 12.8 Å². The summed E-state index contributed by atoms with van der Waals surface area (Å²) in [6, 6.07) is 0. The third kappa shape index (κ3) is 30.8. The fourth-order valence-corrected chi connectivity index (χ4v) is 7.52. The molecule has 0 aliphatic heterocycles. The second kappa shape index (κ2) is 38.0. The summed E-state index contributed by atoms with van der Waals surface area (Å²) >= 11 is 0. The van der Waals surface area contributed by atoms with Crippen molar-refractivity contribution in [3.8, 4) is 0 Å². The molecule has 8 N–H and O–H groups in total. The number of allylic oxidation sites excluding steroid dienone is 10. The SMILES string of the molecule is CC/C=C\C[C@H](O)/C=C/C=C\C/C=C\C=C\[C@H](O)/C=C\CCCC(=O)O[C@H](COC(=O)CCCCCCCCC/C=C\CCCCCC)COP(=O)(O)OC1[C@H](O)[C@H](O)C(O)[C@H](O)[C@H]1O. The Morgan fingerprint density at radius 1 is 0.585 bits per heavy atom. The molecule has 372 valence electrons. The molecule has 0 aromatic carbocycles. The molecule has 0 spiro atoms. The summed E-state index contributed by atoms with van der Waals surface area (Å²) in [7, 11) is -5.18. The van der Waals surface area contributed by atoms with Gasteiger partial charge in [0.05, 0.1) is 18.8 Å². The highest BCUT2D eigenvalue weighted by molar-refractivity contribution is 7.47. The second-order valence-electron chi connectivity index (χ2n) is 16.3. The third-order valence-corrected chi connectivity index (χ3v) is 11.4. The van der Waals surface area contributed by atoms with Crippen LogP contribution < -0.4 is 0 Å².